The zero-order chi connectivity index (χ0) is 17.3. The van der Waals surface area contributed by atoms with Crippen LogP contribution in [0.3, 0.4) is 0 Å². The van der Waals surface area contributed by atoms with Crippen molar-refractivity contribution in [1.29, 1.82) is 0 Å². The molecule has 0 aliphatic carbocycles. The van der Waals surface area contributed by atoms with Gasteiger partial charge < -0.3 is 9.84 Å². The van der Waals surface area contributed by atoms with Crippen LogP contribution in [0, 0.1) is 5.41 Å². The van der Waals surface area contributed by atoms with Crippen LogP contribution < -0.4 is 0 Å². The summed E-state index contributed by atoms with van der Waals surface area (Å²) in [6.07, 6.45) is -11.9. The number of carbonyl (C=O) groups is 2. The number of alkyl halides is 6. The number of rotatable bonds is 3. The smallest absolute Gasteiger partial charge is 0.438 e. The molecule has 0 rings (SSSR count). The van der Waals surface area contributed by atoms with Crippen molar-refractivity contribution in [1.82, 2.24) is 0 Å². The van der Waals surface area contributed by atoms with Gasteiger partial charge in [-0.3, -0.25) is 0 Å². The van der Waals surface area contributed by atoms with Crippen LogP contribution in [0.25, 0.3) is 0 Å². The summed E-state index contributed by atoms with van der Waals surface area (Å²) in [4.78, 5) is 21.3. The summed E-state index contributed by atoms with van der Waals surface area (Å²) in [5, 5.41) is 8.20. The highest BCUT2D eigenvalue weighted by molar-refractivity contribution is 5.91. The van der Waals surface area contributed by atoms with E-state index < -0.39 is 35.3 Å². The molecular formula is C11H12F6O4. The maximum Gasteiger partial charge on any atom is 0.438 e. The van der Waals surface area contributed by atoms with Gasteiger partial charge in [0, 0.05) is 17.6 Å². The lowest BCUT2D eigenvalue weighted by Crippen LogP contribution is -2.66. The van der Waals surface area contributed by atoms with Crippen LogP contribution in [-0.4, -0.2) is 35.0 Å². The summed E-state index contributed by atoms with van der Waals surface area (Å²) in [5.74, 6) is -3.80. The van der Waals surface area contributed by atoms with Crippen molar-refractivity contribution in [3.63, 3.8) is 0 Å². The fraction of sp³-hybridized carbons (Fsp3) is 0.636. The van der Waals surface area contributed by atoms with Crippen molar-refractivity contribution in [3.05, 3.63) is 12.2 Å². The first-order valence-corrected chi connectivity index (χ1v) is 5.33. The third-order valence-corrected chi connectivity index (χ3v) is 2.47. The van der Waals surface area contributed by atoms with Gasteiger partial charge in [0.2, 0.25) is 0 Å². The van der Waals surface area contributed by atoms with Gasteiger partial charge in [0.15, 0.2) is 0 Å². The minimum atomic E-state index is -5.95. The number of hydrogen-bond donors (Lipinski definition) is 1. The lowest BCUT2D eigenvalue weighted by Gasteiger charge is -2.44. The van der Waals surface area contributed by atoms with Crippen molar-refractivity contribution in [2.24, 2.45) is 5.41 Å². The molecular weight excluding hydrogens is 310 g/mol. The highest BCUT2D eigenvalue weighted by Crippen LogP contribution is 2.55. The minimum absolute atomic E-state index is 0.0275. The molecule has 0 bridgehead atoms. The monoisotopic (exact) mass is 322 g/mol. The Labute approximate surface area is 115 Å². The molecule has 0 aromatic rings. The molecule has 0 fully saturated rings. The summed E-state index contributed by atoms with van der Waals surface area (Å²) in [6.45, 7) is 1.80. The van der Waals surface area contributed by atoms with E-state index in [0.717, 1.165) is 0 Å². The zero-order valence-electron chi connectivity index (χ0n) is 11.1. The summed E-state index contributed by atoms with van der Waals surface area (Å²) < 4.78 is 81.6. The van der Waals surface area contributed by atoms with Gasteiger partial charge in [-0.25, -0.2) is 9.59 Å². The fourth-order valence-electron chi connectivity index (χ4n) is 1.60. The Morgan fingerprint density at radius 2 is 1.29 bits per heavy atom. The second-order valence-electron chi connectivity index (χ2n) is 5.02. The van der Waals surface area contributed by atoms with Gasteiger partial charge in [-0.1, -0.05) is 20.8 Å². The third-order valence-electron chi connectivity index (χ3n) is 2.47. The van der Waals surface area contributed by atoms with Gasteiger partial charge in [-0.2, -0.15) is 26.3 Å². The lowest BCUT2D eigenvalue weighted by molar-refractivity contribution is -0.397. The van der Waals surface area contributed by atoms with E-state index in [4.69, 9.17) is 5.11 Å². The molecule has 0 spiro atoms. The topological polar surface area (TPSA) is 63.6 Å². The van der Waals surface area contributed by atoms with Crippen LogP contribution in [-0.2, 0) is 14.3 Å². The lowest BCUT2D eigenvalue weighted by atomic mass is 9.75. The molecule has 0 radical (unpaired) electrons. The van der Waals surface area contributed by atoms with Gasteiger partial charge in [-0.15, -0.1) is 0 Å². The number of carboxylic acids is 1. The summed E-state index contributed by atoms with van der Waals surface area (Å²) >= 11 is 0. The molecule has 0 aliphatic rings. The number of carboxylic acid groups (broad SMARTS) is 1. The second-order valence-corrected chi connectivity index (χ2v) is 5.02. The van der Waals surface area contributed by atoms with E-state index in [1.165, 1.54) is 0 Å². The van der Waals surface area contributed by atoms with Gasteiger partial charge in [0.1, 0.15) is 0 Å². The number of aliphatic carboxylic acids is 1. The first-order valence-electron chi connectivity index (χ1n) is 5.33. The highest BCUT2D eigenvalue weighted by atomic mass is 19.4. The van der Waals surface area contributed by atoms with Gasteiger partial charge >= 0.3 is 29.9 Å². The van der Waals surface area contributed by atoms with Crippen LogP contribution in [0.5, 0.6) is 0 Å². The number of ether oxygens (including phenoxy) is 1. The largest absolute Gasteiger partial charge is 0.478 e. The molecule has 0 aromatic heterocycles. The Hall–Kier alpha value is -1.74. The number of hydrogen-bond acceptors (Lipinski definition) is 3. The Balaban J connectivity index is 5.96. The molecule has 21 heavy (non-hydrogen) atoms. The molecule has 0 aliphatic heterocycles. The standard InChI is InChI=1S/C11H12F6O4/c1-8(2,3)9(10(12,13)14,11(15,16)17)21-7(20)5-4-6(18)19/h4-5H,1-3H3,(H,18,19)/b5-4+. The van der Waals surface area contributed by atoms with Gasteiger partial charge in [0.25, 0.3) is 0 Å². The predicted molar refractivity (Wildman–Crippen MR) is 57.2 cm³/mol. The van der Waals surface area contributed by atoms with E-state index in [0.29, 0.717) is 20.8 Å². The third kappa shape index (κ3) is 3.88. The van der Waals surface area contributed by atoms with Crippen molar-refractivity contribution < 1.29 is 45.8 Å². The Bertz CT molecular complexity index is 405. The molecule has 0 aromatic carbocycles. The molecule has 10 heteroatoms. The van der Waals surface area contributed by atoms with E-state index in [1.807, 2.05) is 0 Å². The van der Waals surface area contributed by atoms with Crippen LogP contribution in [0.15, 0.2) is 12.2 Å². The number of esters is 1. The minimum Gasteiger partial charge on any atom is -0.478 e. The first kappa shape index (κ1) is 19.3. The van der Waals surface area contributed by atoms with E-state index >= 15 is 0 Å². The quantitative estimate of drug-likeness (QED) is 0.493. The zero-order valence-corrected chi connectivity index (χ0v) is 11.1. The van der Waals surface area contributed by atoms with Crippen LogP contribution in [0.1, 0.15) is 20.8 Å². The van der Waals surface area contributed by atoms with Gasteiger partial charge in [-0.05, 0) is 0 Å². The fourth-order valence-corrected chi connectivity index (χ4v) is 1.60. The van der Waals surface area contributed by atoms with Crippen LogP contribution >= 0.6 is 0 Å². The van der Waals surface area contributed by atoms with Gasteiger partial charge in [0.05, 0.1) is 0 Å². The number of carbonyl (C=O) groups excluding carboxylic acids is 1. The average Bonchev–Trinajstić information content (AvgIpc) is 2.17. The Morgan fingerprint density at radius 3 is 1.52 bits per heavy atom. The molecule has 122 valence electrons. The van der Waals surface area contributed by atoms with E-state index in [-0.39, 0.29) is 12.2 Å². The molecule has 0 unspecified atom stereocenters. The Kier molecular flexibility index (Phi) is 5.11. The van der Waals surface area contributed by atoms with Crippen molar-refractivity contribution >= 4 is 11.9 Å². The average molecular weight is 322 g/mol. The normalized spacial score (nSPS) is 14.3. The first-order chi connectivity index (χ1) is 9.06. The summed E-state index contributed by atoms with van der Waals surface area (Å²) in [6, 6.07) is 0. The van der Waals surface area contributed by atoms with E-state index in [1.54, 1.807) is 0 Å². The predicted octanol–water partition coefficient (Wildman–Crippen LogP) is 3.08. The maximum absolute atomic E-state index is 13.0. The second kappa shape index (κ2) is 5.57. The van der Waals surface area contributed by atoms with E-state index in [2.05, 4.69) is 4.74 Å². The highest BCUT2D eigenvalue weighted by Gasteiger charge is 2.79. The number of halogens is 6. The molecule has 0 saturated heterocycles. The Morgan fingerprint density at radius 1 is 0.905 bits per heavy atom. The molecule has 0 saturated carbocycles. The van der Waals surface area contributed by atoms with Crippen molar-refractivity contribution in [2.45, 2.75) is 38.7 Å². The van der Waals surface area contributed by atoms with Crippen LogP contribution in [0.4, 0.5) is 26.3 Å². The van der Waals surface area contributed by atoms with Crippen LogP contribution in [0.2, 0.25) is 0 Å². The van der Waals surface area contributed by atoms with Crippen molar-refractivity contribution in [3.8, 4) is 0 Å². The maximum atomic E-state index is 13.0. The molecule has 1 N–H and O–H groups in total. The molecule has 4 nitrogen and oxygen atoms in total. The molecule has 0 heterocycles. The van der Waals surface area contributed by atoms with E-state index in [9.17, 15) is 35.9 Å². The van der Waals surface area contributed by atoms with Crippen molar-refractivity contribution in [2.75, 3.05) is 0 Å². The molecule has 0 amide bonds. The molecule has 0 atom stereocenters. The SMILES string of the molecule is CC(C)(C)C(OC(=O)/C=C/C(=O)O)(C(F)(F)F)C(F)(F)F. The summed E-state index contributed by atoms with van der Waals surface area (Å²) in [7, 11) is 0. The summed E-state index contributed by atoms with van der Waals surface area (Å²) in [5.41, 5.74) is -7.34.